The molecule has 1 saturated heterocycles. The van der Waals surface area contributed by atoms with Crippen molar-refractivity contribution in [2.24, 2.45) is 0 Å². The molecular formula is C18H20F3N3O2. The van der Waals surface area contributed by atoms with Gasteiger partial charge in [-0.05, 0) is 37.0 Å². The predicted octanol–water partition coefficient (Wildman–Crippen LogP) is 3.65. The summed E-state index contributed by atoms with van der Waals surface area (Å²) in [6.07, 6.45) is 2.25. The van der Waals surface area contributed by atoms with Crippen LogP contribution in [0, 0.1) is 0 Å². The Kier molecular flexibility index (Phi) is 5.61. The molecule has 0 saturated carbocycles. The minimum absolute atomic E-state index is 0.00491. The van der Waals surface area contributed by atoms with Crippen LogP contribution in [-0.2, 0) is 28.7 Å². The number of hydrogen-bond donors (Lipinski definition) is 1. The zero-order valence-electron chi connectivity index (χ0n) is 14.1. The molecule has 1 aromatic carbocycles. The van der Waals surface area contributed by atoms with Gasteiger partial charge in [0.2, 0.25) is 5.91 Å². The van der Waals surface area contributed by atoms with Gasteiger partial charge in [0.15, 0.2) is 0 Å². The molecule has 1 aliphatic rings. The summed E-state index contributed by atoms with van der Waals surface area (Å²) < 4.78 is 45.0. The van der Waals surface area contributed by atoms with Gasteiger partial charge < -0.3 is 10.1 Å². The van der Waals surface area contributed by atoms with Crippen LogP contribution in [0.1, 0.15) is 30.4 Å². The fraction of sp³-hybridized carbons (Fsp3) is 0.444. The number of halogens is 3. The van der Waals surface area contributed by atoms with Gasteiger partial charge >= 0.3 is 6.18 Å². The zero-order valence-corrected chi connectivity index (χ0v) is 14.1. The first-order valence-electron chi connectivity index (χ1n) is 8.50. The SMILES string of the molecule is O=C(Cc1ccc(C(F)(F)F)cc1)Nc1cnn(CC2CCCCO2)c1. The van der Waals surface area contributed by atoms with E-state index in [4.69, 9.17) is 4.74 Å². The van der Waals surface area contributed by atoms with E-state index in [1.807, 2.05) is 0 Å². The molecule has 1 N–H and O–H groups in total. The third kappa shape index (κ3) is 5.08. The van der Waals surface area contributed by atoms with Crippen LogP contribution in [0.4, 0.5) is 18.9 Å². The minimum Gasteiger partial charge on any atom is -0.376 e. The standard InChI is InChI=1S/C18H20F3N3O2/c19-18(20,21)14-6-4-13(5-7-14)9-17(25)23-15-10-22-24(11-15)12-16-3-1-2-8-26-16/h4-7,10-11,16H,1-3,8-9,12H2,(H,23,25). The lowest BCUT2D eigenvalue weighted by Crippen LogP contribution is -2.24. The fourth-order valence-electron chi connectivity index (χ4n) is 2.89. The highest BCUT2D eigenvalue weighted by molar-refractivity contribution is 5.91. The monoisotopic (exact) mass is 367 g/mol. The van der Waals surface area contributed by atoms with Crippen molar-refractivity contribution in [1.82, 2.24) is 9.78 Å². The molecule has 1 aliphatic heterocycles. The van der Waals surface area contributed by atoms with Gasteiger partial charge in [0.05, 0.1) is 36.5 Å². The van der Waals surface area contributed by atoms with Crippen LogP contribution >= 0.6 is 0 Å². The minimum atomic E-state index is -4.38. The second kappa shape index (κ2) is 7.90. The number of nitrogens with one attached hydrogen (secondary N) is 1. The van der Waals surface area contributed by atoms with E-state index in [0.717, 1.165) is 38.0 Å². The van der Waals surface area contributed by atoms with E-state index in [2.05, 4.69) is 10.4 Å². The molecule has 8 heteroatoms. The molecule has 0 bridgehead atoms. The highest BCUT2D eigenvalue weighted by atomic mass is 19.4. The molecule has 140 valence electrons. The Morgan fingerprint density at radius 1 is 1.27 bits per heavy atom. The van der Waals surface area contributed by atoms with Gasteiger partial charge in [0.25, 0.3) is 0 Å². The van der Waals surface area contributed by atoms with Crippen LogP contribution in [-0.4, -0.2) is 28.4 Å². The number of alkyl halides is 3. The van der Waals surface area contributed by atoms with E-state index < -0.39 is 11.7 Å². The lowest BCUT2D eigenvalue weighted by atomic mass is 10.1. The molecule has 1 unspecified atom stereocenters. The van der Waals surface area contributed by atoms with Gasteiger partial charge in [-0.2, -0.15) is 18.3 Å². The number of hydrogen-bond acceptors (Lipinski definition) is 3. The highest BCUT2D eigenvalue weighted by Crippen LogP contribution is 2.29. The summed E-state index contributed by atoms with van der Waals surface area (Å²) in [5, 5.41) is 6.91. The van der Waals surface area contributed by atoms with Crippen LogP contribution in [0.15, 0.2) is 36.7 Å². The van der Waals surface area contributed by atoms with Crippen molar-refractivity contribution in [3.05, 3.63) is 47.8 Å². The molecule has 0 aliphatic carbocycles. The van der Waals surface area contributed by atoms with Gasteiger partial charge in [0, 0.05) is 12.8 Å². The van der Waals surface area contributed by atoms with E-state index in [1.54, 1.807) is 17.1 Å². The molecule has 1 fully saturated rings. The molecule has 0 radical (unpaired) electrons. The Balaban J connectivity index is 1.51. The molecule has 2 heterocycles. The third-order valence-corrected chi connectivity index (χ3v) is 4.23. The summed E-state index contributed by atoms with van der Waals surface area (Å²) in [6, 6.07) is 4.58. The highest BCUT2D eigenvalue weighted by Gasteiger charge is 2.30. The summed E-state index contributed by atoms with van der Waals surface area (Å²) in [5.74, 6) is -0.307. The fourth-order valence-corrected chi connectivity index (χ4v) is 2.89. The Morgan fingerprint density at radius 2 is 2.04 bits per heavy atom. The number of nitrogens with zero attached hydrogens (tertiary/aromatic N) is 2. The van der Waals surface area contributed by atoms with Gasteiger partial charge in [-0.3, -0.25) is 9.48 Å². The van der Waals surface area contributed by atoms with E-state index in [9.17, 15) is 18.0 Å². The average Bonchev–Trinajstić information content (AvgIpc) is 3.02. The maximum atomic E-state index is 12.5. The van der Waals surface area contributed by atoms with Gasteiger partial charge in [-0.1, -0.05) is 12.1 Å². The van der Waals surface area contributed by atoms with E-state index in [-0.39, 0.29) is 18.4 Å². The van der Waals surface area contributed by atoms with Crippen molar-refractivity contribution in [3.63, 3.8) is 0 Å². The summed E-state index contributed by atoms with van der Waals surface area (Å²) in [6.45, 7) is 1.40. The molecule has 0 spiro atoms. The number of ether oxygens (including phenoxy) is 1. The van der Waals surface area contributed by atoms with E-state index in [0.29, 0.717) is 17.8 Å². The number of benzene rings is 1. The first-order valence-corrected chi connectivity index (χ1v) is 8.50. The molecule has 1 atom stereocenters. The summed E-state index contributed by atoms with van der Waals surface area (Å²) in [7, 11) is 0. The third-order valence-electron chi connectivity index (χ3n) is 4.23. The van der Waals surface area contributed by atoms with Gasteiger partial charge in [0.1, 0.15) is 0 Å². The molecule has 5 nitrogen and oxygen atoms in total. The normalized spacial score (nSPS) is 17.9. The maximum Gasteiger partial charge on any atom is 0.416 e. The zero-order chi connectivity index (χ0) is 18.6. The average molecular weight is 367 g/mol. The second-order valence-corrected chi connectivity index (χ2v) is 6.36. The molecule has 1 amide bonds. The summed E-state index contributed by atoms with van der Waals surface area (Å²) in [4.78, 5) is 12.1. The Hall–Kier alpha value is -2.35. The molecular weight excluding hydrogens is 347 g/mol. The maximum absolute atomic E-state index is 12.5. The molecule has 1 aromatic heterocycles. The number of amides is 1. The largest absolute Gasteiger partial charge is 0.416 e. The molecule has 2 aromatic rings. The second-order valence-electron chi connectivity index (χ2n) is 6.36. The predicted molar refractivity (Wildman–Crippen MR) is 89.6 cm³/mol. The lowest BCUT2D eigenvalue weighted by Gasteiger charge is -2.22. The number of aromatic nitrogens is 2. The van der Waals surface area contributed by atoms with Crippen molar-refractivity contribution in [1.29, 1.82) is 0 Å². The number of carbonyl (C=O) groups is 1. The van der Waals surface area contributed by atoms with Crippen LogP contribution in [0.3, 0.4) is 0 Å². The van der Waals surface area contributed by atoms with Crippen molar-refractivity contribution >= 4 is 11.6 Å². The van der Waals surface area contributed by atoms with Crippen molar-refractivity contribution in [2.45, 2.75) is 44.5 Å². The summed E-state index contributed by atoms with van der Waals surface area (Å²) >= 11 is 0. The first-order chi connectivity index (χ1) is 12.4. The number of anilines is 1. The Labute approximate surface area is 149 Å². The van der Waals surface area contributed by atoms with Gasteiger partial charge in [-0.25, -0.2) is 0 Å². The quantitative estimate of drug-likeness (QED) is 0.878. The van der Waals surface area contributed by atoms with Crippen LogP contribution < -0.4 is 5.32 Å². The van der Waals surface area contributed by atoms with E-state index >= 15 is 0 Å². The number of carbonyl (C=O) groups excluding carboxylic acids is 1. The summed E-state index contributed by atoms with van der Waals surface area (Å²) in [5.41, 5.74) is 0.337. The van der Waals surface area contributed by atoms with Crippen molar-refractivity contribution in [3.8, 4) is 0 Å². The van der Waals surface area contributed by atoms with Gasteiger partial charge in [-0.15, -0.1) is 0 Å². The Bertz CT molecular complexity index is 735. The Morgan fingerprint density at radius 3 is 2.69 bits per heavy atom. The van der Waals surface area contributed by atoms with Crippen LogP contribution in [0.25, 0.3) is 0 Å². The van der Waals surface area contributed by atoms with Crippen LogP contribution in [0.2, 0.25) is 0 Å². The van der Waals surface area contributed by atoms with Crippen molar-refractivity contribution < 1.29 is 22.7 Å². The first kappa shape index (κ1) is 18.4. The van der Waals surface area contributed by atoms with Crippen molar-refractivity contribution in [2.75, 3.05) is 11.9 Å². The molecule has 26 heavy (non-hydrogen) atoms. The number of rotatable bonds is 5. The lowest BCUT2D eigenvalue weighted by molar-refractivity contribution is -0.137. The van der Waals surface area contributed by atoms with Crippen LogP contribution in [0.5, 0.6) is 0 Å². The molecule has 3 rings (SSSR count). The topological polar surface area (TPSA) is 56.2 Å². The van der Waals surface area contributed by atoms with E-state index in [1.165, 1.54) is 12.1 Å². The smallest absolute Gasteiger partial charge is 0.376 e.